The Balaban J connectivity index is 3.06. The third-order valence-electron chi connectivity index (χ3n) is 3.24. The zero-order valence-corrected chi connectivity index (χ0v) is 12.0. The number of nitrogens with zero attached hydrogens (tertiary/aromatic N) is 2. The van der Waals surface area contributed by atoms with Gasteiger partial charge in [0.1, 0.15) is 11.6 Å². The van der Waals surface area contributed by atoms with Gasteiger partial charge in [-0.3, -0.25) is 4.79 Å². The van der Waals surface area contributed by atoms with Crippen LogP contribution in [-0.2, 0) is 0 Å². The van der Waals surface area contributed by atoms with Gasteiger partial charge in [0.2, 0.25) is 0 Å². The Bertz CT molecular complexity index is 433. The van der Waals surface area contributed by atoms with Crippen LogP contribution in [0.3, 0.4) is 0 Å². The Kier molecular flexibility index (Phi) is 5.73. The summed E-state index contributed by atoms with van der Waals surface area (Å²) in [5.41, 5.74) is 0.288. The van der Waals surface area contributed by atoms with Crippen LogP contribution >= 0.6 is 0 Å². The molecule has 0 aliphatic carbocycles. The molecule has 1 aromatic heterocycles. The molecule has 0 unspecified atom stereocenters. The van der Waals surface area contributed by atoms with Crippen LogP contribution in [-0.4, -0.2) is 35.4 Å². The average molecular weight is 267 g/mol. The van der Waals surface area contributed by atoms with Gasteiger partial charge in [-0.1, -0.05) is 13.8 Å². The second-order valence-corrected chi connectivity index (χ2v) is 4.47. The second-order valence-electron chi connectivity index (χ2n) is 4.47. The predicted molar refractivity (Wildman–Crippen MR) is 74.8 cm³/mol. The first-order chi connectivity index (χ1) is 9.04. The summed E-state index contributed by atoms with van der Waals surface area (Å²) in [6.45, 7) is 6.61. The number of anilines is 1. The van der Waals surface area contributed by atoms with Crippen LogP contribution in [0.15, 0.2) is 12.3 Å². The molecule has 1 aromatic rings. The molecule has 0 spiro atoms. The van der Waals surface area contributed by atoms with E-state index in [1.54, 1.807) is 11.9 Å². The fourth-order valence-electron chi connectivity index (χ4n) is 2.10. The SMILES string of the molecule is CCNc1ncc(F)cc1C(=O)N(C)C(CC)CC. The lowest BCUT2D eigenvalue weighted by Crippen LogP contribution is -2.36. The quantitative estimate of drug-likeness (QED) is 0.862. The molecule has 0 bridgehead atoms. The van der Waals surface area contributed by atoms with Crippen LogP contribution in [0.5, 0.6) is 0 Å². The molecule has 1 amide bonds. The molecule has 0 saturated heterocycles. The van der Waals surface area contributed by atoms with E-state index < -0.39 is 5.82 Å². The lowest BCUT2D eigenvalue weighted by atomic mass is 10.1. The molecule has 0 aliphatic rings. The number of carbonyl (C=O) groups is 1. The molecule has 1 N–H and O–H groups in total. The summed E-state index contributed by atoms with van der Waals surface area (Å²) in [7, 11) is 1.75. The van der Waals surface area contributed by atoms with E-state index in [2.05, 4.69) is 10.3 Å². The summed E-state index contributed by atoms with van der Waals surface area (Å²) < 4.78 is 13.3. The molecular formula is C14H22FN3O. The number of pyridine rings is 1. The van der Waals surface area contributed by atoms with Gasteiger partial charge in [0.05, 0.1) is 11.8 Å². The van der Waals surface area contributed by atoms with Crippen molar-refractivity contribution < 1.29 is 9.18 Å². The summed E-state index contributed by atoms with van der Waals surface area (Å²) in [6, 6.07) is 1.40. The number of nitrogens with one attached hydrogen (secondary N) is 1. The maximum Gasteiger partial charge on any atom is 0.257 e. The van der Waals surface area contributed by atoms with Crippen molar-refractivity contribution in [2.75, 3.05) is 18.9 Å². The monoisotopic (exact) mass is 267 g/mol. The Labute approximate surface area is 114 Å². The third-order valence-corrected chi connectivity index (χ3v) is 3.24. The first kappa shape index (κ1) is 15.4. The van der Waals surface area contributed by atoms with E-state index in [-0.39, 0.29) is 17.5 Å². The first-order valence-electron chi connectivity index (χ1n) is 6.71. The van der Waals surface area contributed by atoms with Crippen molar-refractivity contribution in [2.24, 2.45) is 0 Å². The van der Waals surface area contributed by atoms with Gasteiger partial charge >= 0.3 is 0 Å². The zero-order valence-electron chi connectivity index (χ0n) is 12.0. The fourth-order valence-corrected chi connectivity index (χ4v) is 2.10. The number of carbonyl (C=O) groups excluding carboxylic acids is 1. The van der Waals surface area contributed by atoms with E-state index in [1.165, 1.54) is 6.07 Å². The van der Waals surface area contributed by atoms with E-state index in [1.807, 2.05) is 20.8 Å². The Morgan fingerprint density at radius 2 is 2.05 bits per heavy atom. The molecule has 0 aliphatic heterocycles. The number of halogens is 1. The van der Waals surface area contributed by atoms with E-state index >= 15 is 0 Å². The standard InChI is InChI=1S/C14H22FN3O/c1-5-11(6-2)18(4)14(19)12-8-10(15)9-17-13(12)16-7-3/h8-9,11H,5-7H2,1-4H3,(H,16,17). The number of amides is 1. The summed E-state index contributed by atoms with van der Waals surface area (Å²) in [4.78, 5) is 18.0. The van der Waals surface area contributed by atoms with E-state index in [9.17, 15) is 9.18 Å². The van der Waals surface area contributed by atoms with E-state index in [4.69, 9.17) is 0 Å². The van der Waals surface area contributed by atoms with Gasteiger partial charge in [0, 0.05) is 19.6 Å². The van der Waals surface area contributed by atoms with Crippen LogP contribution in [0, 0.1) is 5.82 Å². The molecule has 0 radical (unpaired) electrons. The summed E-state index contributed by atoms with van der Waals surface area (Å²) in [5.74, 6) is -0.258. The maximum absolute atomic E-state index is 13.3. The van der Waals surface area contributed by atoms with Crippen LogP contribution in [0.25, 0.3) is 0 Å². The van der Waals surface area contributed by atoms with Crippen LogP contribution in [0.2, 0.25) is 0 Å². The highest BCUT2D eigenvalue weighted by Gasteiger charge is 2.22. The number of aromatic nitrogens is 1. The third kappa shape index (κ3) is 3.66. The average Bonchev–Trinajstić information content (AvgIpc) is 2.41. The topological polar surface area (TPSA) is 45.2 Å². The maximum atomic E-state index is 13.3. The highest BCUT2D eigenvalue weighted by molar-refractivity contribution is 5.98. The van der Waals surface area contributed by atoms with Gasteiger partial charge < -0.3 is 10.2 Å². The Hall–Kier alpha value is -1.65. The lowest BCUT2D eigenvalue weighted by molar-refractivity contribution is 0.0724. The van der Waals surface area contributed by atoms with Crippen molar-refractivity contribution in [2.45, 2.75) is 39.7 Å². The van der Waals surface area contributed by atoms with Crippen molar-refractivity contribution in [3.63, 3.8) is 0 Å². The number of hydrogen-bond donors (Lipinski definition) is 1. The minimum atomic E-state index is -0.497. The molecular weight excluding hydrogens is 245 g/mol. The minimum Gasteiger partial charge on any atom is -0.370 e. The Morgan fingerprint density at radius 3 is 2.58 bits per heavy atom. The molecule has 0 saturated carbocycles. The highest BCUT2D eigenvalue weighted by atomic mass is 19.1. The normalized spacial score (nSPS) is 10.6. The second kappa shape index (κ2) is 7.07. The predicted octanol–water partition coefficient (Wildman–Crippen LogP) is 2.91. The van der Waals surface area contributed by atoms with Gasteiger partial charge in [0.15, 0.2) is 0 Å². The van der Waals surface area contributed by atoms with Crippen molar-refractivity contribution in [1.82, 2.24) is 9.88 Å². The smallest absolute Gasteiger partial charge is 0.257 e. The van der Waals surface area contributed by atoms with Crippen LogP contribution < -0.4 is 5.32 Å². The van der Waals surface area contributed by atoms with Crippen LogP contribution in [0.1, 0.15) is 44.0 Å². The molecule has 5 heteroatoms. The number of rotatable bonds is 6. The Morgan fingerprint density at radius 1 is 1.42 bits per heavy atom. The van der Waals surface area contributed by atoms with Gasteiger partial charge in [-0.15, -0.1) is 0 Å². The van der Waals surface area contributed by atoms with Gasteiger partial charge in [0.25, 0.3) is 5.91 Å². The van der Waals surface area contributed by atoms with Gasteiger partial charge in [-0.2, -0.15) is 0 Å². The highest BCUT2D eigenvalue weighted by Crippen LogP contribution is 2.18. The summed E-state index contributed by atoms with van der Waals surface area (Å²) in [6.07, 6.45) is 2.86. The molecule has 1 rings (SSSR count). The van der Waals surface area contributed by atoms with Crippen molar-refractivity contribution in [3.8, 4) is 0 Å². The summed E-state index contributed by atoms with van der Waals surface area (Å²) in [5, 5.41) is 2.99. The van der Waals surface area contributed by atoms with Crippen molar-refractivity contribution >= 4 is 11.7 Å². The molecule has 0 fully saturated rings. The minimum absolute atomic E-state index is 0.158. The van der Waals surface area contributed by atoms with E-state index in [0.29, 0.717) is 12.4 Å². The van der Waals surface area contributed by atoms with Crippen molar-refractivity contribution in [3.05, 3.63) is 23.6 Å². The van der Waals surface area contributed by atoms with Crippen LogP contribution in [0.4, 0.5) is 10.2 Å². The molecule has 106 valence electrons. The molecule has 0 aromatic carbocycles. The molecule has 1 heterocycles. The zero-order chi connectivity index (χ0) is 14.4. The van der Waals surface area contributed by atoms with Gasteiger partial charge in [-0.05, 0) is 25.8 Å². The fraction of sp³-hybridized carbons (Fsp3) is 0.571. The summed E-state index contributed by atoms with van der Waals surface area (Å²) >= 11 is 0. The molecule has 19 heavy (non-hydrogen) atoms. The first-order valence-corrected chi connectivity index (χ1v) is 6.71. The van der Waals surface area contributed by atoms with Gasteiger partial charge in [-0.25, -0.2) is 9.37 Å². The number of hydrogen-bond acceptors (Lipinski definition) is 3. The molecule has 4 nitrogen and oxygen atoms in total. The van der Waals surface area contributed by atoms with Crippen molar-refractivity contribution in [1.29, 1.82) is 0 Å². The molecule has 0 atom stereocenters. The lowest BCUT2D eigenvalue weighted by Gasteiger charge is -2.27. The largest absolute Gasteiger partial charge is 0.370 e. The van der Waals surface area contributed by atoms with E-state index in [0.717, 1.165) is 19.0 Å².